The van der Waals surface area contributed by atoms with Gasteiger partial charge in [0.25, 0.3) is 0 Å². The Morgan fingerprint density at radius 3 is 2.62 bits per heavy atom. The van der Waals surface area contributed by atoms with Crippen molar-refractivity contribution in [3.8, 4) is 11.3 Å². The molecule has 0 spiro atoms. The normalized spacial score (nSPS) is 12.0. The third-order valence-electron chi connectivity index (χ3n) is 6.11. The summed E-state index contributed by atoms with van der Waals surface area (Å²) in [6.07, 6.45) is 0.866. The second-order valence-corrected chi connectivity index (χ2v) is 9.00. The summed E-state index contributed by atoms with van der Waals surface area (Å²) in [4.78, 5) is 15.3. The van der Waals surface area contributed by atoms with Crippen LogP contribution in [0.4, 0.5) is 5.69 Å². The summed E-state index contributed by atoms with van der Waals surface area (Å²) in [5.74, 6) is -0.0439. The molecule has 0 aliphatic heterocycles. The van der Waals surface area contributed by atoms with Crippen LogP contribution in [0.5, 0.6) is 0 Å². The van der Waals surface area contributed by atoms with Gasteiger partial charge >= 0.3 is 0 Å². The highest BCUT2D eigenvalue weighted by molar-refractivity contribution is 6.31. The Bertz CT molecular complexity index is 1270. The fourth-order valence-electron chi connectivity index (χ4n) is 4.25. The van der Waals surface area contributed by atoms with Crippen molar-refractivity contribution in [2.75, 3.05) is 24.5 Å². The first-order valence-corrected chi connectivity index (χ1v) is 12.2. The van der Waals surface area contributed by atoms with Crippen LogP contribution in [-0.2, 0) is 4.79 Å². The molecule has 1 amide bonds. The monoisotopic (exact) mass is 474 g/mol. The predicted octanol–water partition coefficient (Wildman–Crippen LogP) is 6.26. The highest BCUT2D eigenvalue weighted by atomic mass is 35.5. The minimum Gasteiger partial charge on any atom is -0.372 e. The van der Waals surface area contributed by atoms with Gasteiger partial charge in [-0.3, -0.25) is 9.48 Å². The first-order valence-electron chi connectivity index (χ1n) is 11.8. The average molecular weight is 475 g/mol. The van der Waals surface area contributed by atoms with Crippen LogP contribution >= 0.6 is 11.6 Å². The molecule has 0 aliphatic rings. The zero-order chi connectivity index (χ0) is 24.1. The molecule has 0 radical (unpaired) electrons. The van der Waals surface area contributed by atoms with Crippen molar-refractivity contribution in [1.82, 2.24) is 15.1 Å². The molecular weight excluding hydrogens is 444 g/mol. The predicted molar refractivity (Wildman–Crippen MR) is 142 cm³/mol. The SMILES string of the molecule is CCN(CCCNC(=O)[C@H](C)n1nc(-c2ccccc2)c2cc(Cl)ccc21)c1cccc(C)c1. The number of nitrogens with zero attached hydrogens (tertiary/aromatic N) is 3. The number of carbonyl (C=O) groups excluding carboxylic acids is 1. The van der Waals surface area contributed by atoms with Crippen molar-refractivity contribution in [1.29, 1.82) is 0 Å². The zero-order valence-corrected chi connectivity index (χ0v) is 20.7. The Hall–Kier alpha value is -3.31. The van der Waals surface area contributed by atoms with Crippen LogP contribution < -0.4 is 10.2 Å². The average Bonchev–Trinajstić information content (AvgIpc) is 3.22. The highest BCUT2D eigenvalue weighted by Gasteiger charge is 2.21. The molecule has 4 rings (SSSR count). The summed E-state index contributed by atoms with van der Waals surface area (Å²) in [5.41, 5.74) is 5.19. The van der Waals surface area contributed by atoms with E-state index in [9.17, 15) is 4.79 Å². The summed E-state index contributed by atoms with van der Waals surface area (Å²) in [6.45, 7) is 8.57. The molecule has 176 valence electrons. The largest absolute Gasteiger partial charge is 0.372 e. The van der Waals surface area contributed by atoms with E-state index in [1.54, 1.807) is 4.68 Å². The third kappa shape index (κ3) is 5.26. The fourth-order valence-corrected chi connectivity index (χ4v) is 4.42. The number of fused-ring (bicyclic) bond motifs is 1. The number of hydrogen-bond acceptors (Lipinski definition) is 3. The number of carbonyl (C=O) groups is 1. The molecule has 1 atom stereocenters. The van der Waals surface area contributed by atoms with Gasteiger partial charge in [0, 0.05) is 41.3 Å². The maximum Gasteiger partial charge on any atom is 0.244 e. The van der Waals surface area contributed by atoms with Crippen molar-refractivity contribution in [3.05, 3.63) is 83.4 Å². The van der Waals surface area contributed by atoms with E-state index in [1.807, 2.05) is 55.5 Å². The molecule has 0 fully saturated rings. The number of aryl methyl sites for hydroxylation is 1. The molecule has 34 heavy (non-hydrogen) atoms. The maximum atomic E-state index is 13.0. The van der Waals surface area contributed by atoms with Gasteiger partial charge in [-0.15, -0.1) is 0 Å². The van der Waals surface area contributed by atoms with Gasteiger partial charge in [0.05, 0.1) is 5.52 Å². The van der Waals surface area contributed by atoms with Crippen molar-refractivity contribution >= 4 is 34.1 Å². The van der Waals surface area contributed by atoms with E-state index in [2.05, 4.69) is 48.3 Å². The maximum absolute atomic E-state index is 13.0. The second-order valence-electron chi connectivity index (χ2n) is 8.56. The minimum atomic E-state index is -0.444. The lowest BCUT2D eigenvalue weighted by molar-refractivity contribution is -0.124. The molecule has 3 aromatic carbocycles. The van der Waals surface area contributed by atoms with Gasteiger partial charge in [-0.05, 0) is 63.1 Å². The van der Waals surface area contributed by atoms with Gasteiger partial charge in [-0.1, -0.05) is 54.1 Å². The second kappa shape index (κ2) is 10.7. The molecule has 0 unspecified atom stereocenters. The van der Waals surface area contributed by atoms with Gasteiger partial charge < -0.3 is 10.2 Å². The number of aromatic nitrogens is 2. The topological polar surface area (TPSA) is 50.2 Å². The zero-order valence-electron chi connectivity index (χ0n) is 20.0. The lowest BCUT2D eigenvalue weighted by Gasteiger charge is -2.23. The molecule has 0 aliphatic carbocycles. The van der Waals surface area contributed by atoms with Gasteiger partial charge in [0.15, 0.2) is 0 Å². The molecule has 0 saturated carbocycles. The number of benzene rings is 3. The molecule has 5 nitrogen and oxygen atoms in total. The highest BCUT2D eigenvalue weighted by Crippen LogP contribution is 2.31. The number of nitrogens with one attached hydrogen (secondary N) is 1. The smallest absolute Gasteiger partial charge is 0.244 e. The van der Waals surface area contributed by atoms with Crippen LogP contribution in [0, 0.1) is 6.92 Å². The van der Waals surface area contributed by atoms with E-state index in [1.165, 1.54) is 11.3 Å². The standard InChI is InChI=1S/C28H31ClN4O/c1-4-32(24-13-8-10-20(2)18-24)17-9-16-30-28(34)21(3)33-26-15-14-23(29)19-25(26)27(31-33)22-11-6-5-7-12-22/h5-8,10-15,18-19,21H,4,9,16-17H2,1-3H3,(H,30,34)/t21-/m0/s1. The van der Waals surface area contributed by atoms with E-state index in [0.29, 0.717) is 11.6 Å². The quantitative estimate of drug-likeness (QED) is 0.291. The number of rotatable bonds is 9. The van der Waals surface area contributed by atoms with Crippen LogP contribution in [0.3, 0.4) is 0 Å². The van der Waals surface area contributed by atoms with Crippen LogP contribution in [0.1, 0.15) is 31.9 Å². The van der Waals surface area contributed by atoms with Gasteiger partial charge in [-0.25, -0.2) is 0 Å². The van der Waals surface area contributed by atoms with E-state index >= 15 is 0 Å². The Labute approximate surface area is 206 Å². The molecule has 4 aromatic rings. The Kier molecular flexibility index (Phi) is 7.53. The summed E-state index contributed by atoms with van der Waals surface area (Å²) < 4.78 is 1.80. The van der Waals surface area contributed by atoms with E-state index in [-0.39, 0.29) is 5.91 Å². The first-order chi connectivity index (χ1) is 16.5. The number of amides is 1. The first kappa shape index (κ1) is 23.8. The molecule has 6 heteroatoms. The van der Waals surface area contributed by atoms with E-state index in [0.717, 1.165) is 41.7 Å². The van der Waals surface area contributed by atoms with Crippen molar-refractivity contribution in [2.45, 2.75) is 33.2 Å². The van der Waals surface area contributed by atoms with Gasteiger partial charge in [0.1, 0.15) is 11.7 Å². The summed E-state index contributed by atoms with van der Waals surface area (Å²) >= 11 is 6.28. The summed E-state index contributed by atoms with van der Waals surface area (Å²) in [6, 6.07) is 23.7. The number of halogens is 1. The number of hydrogen-bond donors (Lipinski definition) is 1. The van der Waals surface area contributed by atoms with Gasteiger partial charge in [-0.2, -0.15) is 5.10 Å². The summed E-state index contributed by atoms with van der Waals surface area (Å²) in [5, 5.41) is 9.51. The molecule has 0 bridgehead atoms. The van der Waals surface area contributed by atoms with Crippen LogP contribution in [0.15, 0.2) is 72.8 Å². The Balaban J connectivity index is 1.44. The Morgan fingerprint density at radius 1 is 1.09 bits per heavy atom. The summed E-state index contributed by atoms with van der Waals surface area (Å²) in [7, 11) is 0. The minimum absolute atomic E-state index is 0.0439. The van der Waals surface area contributed by atoms with Crippen LogP contribution in [-0.4, -0.2) is 35.3 Å². The van der Waals surface area contributed by atoms with E-state index in [4.69, 9.17) is 16.7 Å². The van der Waals surface area contributed by atoms with Gasteiger partial charge in [0.2, 0.25) is 5.91 Å². The van der Waals surface area contributed by atoms with Crippen molar-refractivity contribution < 1.29 is 4.79 Å². The van der Waals surface area contributed by atoms with Crippen LogP contribution in [0.2, 0.25) is 5.02 Å². The molecule has 1 heterocycles. The Morgan fingerprint density at radius 2 is 1.88 bits per heavy atom. The van der Waals surface area contributed by atoms with Crippen molar-refractivity contribution in [2.24, 2.45) is 0 Å². The molecule has 1 aromatic heterocycles. The van der Waals surface area contributed by atoms with Crippen LogP contribution in [0.25, 0.3) is 22.2 Å². The lowest BCUT2D eigenvalue weighted by Crippen LogP contribution is -2.34. The third-order valence-corrected chi connectivity index (χ3v) is 6.35. The number of anilines is 1. The van der Waals surface area contributed by atoms with E-state index < -0.39 is 6.04 Å². The lowest BCUT2D eigenvalue weighted by atomic mass is 10.1. The molecule has 0 saturated heterocycles. The molecular formula is C28H31ClN4O. The van der Waals surface area contributed by atoms with Crippen molar-refractivity contribution in [3.63, 3.8) is 0 Å². The fraction of sp³-hybridized carbons (Fsp3) is 0.286. The molecule has 1 N–H and O–H groups in total.